The quantitative estimate of drug-likeness (QED) is 0.827. The zero-order valence-corrected chi connectivity index (χ0v) is 9.75. The first-order valence-corrected chi connectivity index (χ1v) is 5.68. The Labute approximate surface area is 97.5 Å². The molecule has 0 aromatic carbocycles. The van der Waals surface area contributed by atoms with Crippen LogP contribution in [0.4, 0.5) is 0 Å². The monoisotopic (exact) mass is 236 g/mol. The summed E-state index contributed by atoms with van der Waals surface area (Å²) in [5, 5.41) is 0. The van der Waals surface area contributed by atoms with Crippen LogP contribution in [-0.4, -0.2) is 26.6 Å². The van der Waals surface area contributed by atoms with Crippen LogP contribution in [0, 0.1) is 10.7 Å². The normalized spacial score (nSPS) is 15.6. The predicted molar refractivity (Wildman–Crippen MR) is 62.0 cm³/mol. The van der Waals surface area contributed by atoms with E-state index in [4.69, 9.17) is 17.0 Å². The van der Waals surface area contributed by atoms with Gasteiger partial charge in [0.1, 0.15) is 11.8 Å². The second-order valence-electron chi connectivity index (χ2n) is 4.07. The van der Waals surface area contributed by atoms with Gasteiger partial charge in [-0.15, -0.1) is 0 Å². The molecule has 2 aromatic heterocycles. The number of H-pyrrole nitrogens is 1. The summed E-state index contributed by atoms with van der Waals surface area (Å²) in [6, 6.07) is 0. The van der Waals surface area contributed by atoms with Gasteiger partial charge in [0, 0.05) is 6.54 Å². The Morgan fingerprint density at radius 2 is 2.38 bits per heavy atom. The maximum absolute atomic E-state index is 5.29. The van der Waals surface area contributed by atoms with E-state index in [0.717, 1.165) is 23.6 Å². The van der Waals surface area contributed by atoms with E-state index in [1.54, 1.807) is 7.11 Å². The molecule has 1 fully saturated rings. The molecule has 0 amide bonds. The van der Waals surface area contributed by atoms with Gasteiger partial charge in [-0.25, -0.2) is 4.98 Å². The van der Waals surface area contributed by atoms with Crippen molar-refractivity contribution in [3.05, 3.63) is 11.1 Å². The molecule has 16 heavy (non-hydrogen) atoms. The third-order valence-electron chi connectivity index (χ3n) is 2.86. The Balaban J connectivity index is 2.19. The molecule has 0 saturated heterocycles. The molecule has 0 spiro atoms. The van der Waals surface area contributed by atoms with E-state index >= 15 is 0 Å². The van der Waals surface area contributed by atoms with Gasteiger partial charge in [0.05, 0.1) is 7.11 Å². The van der Waals surface area contributed by atoms with Crippen molar-refractivity contribution in [2.45, 2.75) is 19.4 Å². The van der Waals surface area contributed by atoms with Crippen LogP contribution >= 0.6 is 12.2 Å². The molecule has 1 N–H and O–H groups in total. The molecule has 84 valence electrons. The molecule has 1 aliphatic rings. The fourth-order valence-corrected chi connectivity index (χ4v) is 2.09. The van der Waals surface area contributed by atoms with Crippen molar-refractivity contribution < 1.29 is 4.74 Å². The first-order valence-electron chi connectivity index (χ1n) is 5.27. The molecule has 1 aliphatic carbocycles. The SMILES string of the molecule is COc1ncnc2c1[nH]c(=S)n2CC1CC1. The van der Waals surface area contributed by atoms with Gasteiger partial charge in [-0.3, -0.25) is 0 Å². The van der Waals surface area contributed by atoms with Gasteiger partial charge in [-0.1, -0.05) is 0 Å². The molecule has 1 saturated carbocycles. The topological polar surface area (TPSA) is 55.7 Å². The van der Waals surface area contributed by atoms with Crippen LogP contribution in [0.2, 0.25) is 0 Å². The highest BCUT2D eigenvalue weighted by Crippen LogP contribution is 2.32. The number of nitrogens with zero attached hydrogens (tertiary/aromatic N) is 3. The number of methoxy groups -OCH3 is 1. The molecule has 0 radical (unpaired) electrons. The Hall–Kier alpha value is -1.43. The van der Waals surface area contributed by atoms with Crippen molar-refractivity contribution in [3.63, 3.8) is 0 Å². The summed E-state index contributed by atoms with van der Waals surface area (Å²) in [6.45, 7) is 0.943. The summed E-state index contributed by atoms with van der Waals surface area (Å²) in [7, 11) is 1.59. The van der Waals surface area contributed by atoms with Crippen molar-refractivity contribution in [2.75, 3.05) is 7.11 Å². The minimum atomic E-state index is 0.547. The Morgan fingerprint density at radius 3 is 3.06 bits per heavy atom. The molecule has 2 aromatic rings. The van der Waals surface area contributed by atoms with Crippen LogP contribution in [0.15, 0.2) is 6.33 Å². The highest BCUT2D eigenvalue weighted by atomic mass is 32.1. The van der Waals surface area contributed by atoms with Crippen LogP contribution in [0.25, 0.3) is 11.2 Å². The maximum Gasteiger partial charge on any atom is 0.242 e. The van der Waals surface area contributed by atoms with Crippen LogP contribution in [0.3, 0.4) is 0 Å². The largest absolute Gasteiger partial charge is 0.479 e. The number of aromatic nitrogens is 4. The molecule has 0 aliphatic heterocycles. The highest BCUT2D eigenvalue weighted by molar-refractivity contribution is 7.71. The summed E-state index contributed by atoms with van der Waals surface area (Å²) < 4.78 is 7.90. The molecular formula is C10H12N4OS. The summed E-state index contributed by atoms with van der Waals surface area (Å²) in [5.41, 5.74) is 1.62. The third kappa shape index (κ3) is 1.49. The van der Waals surface area contributed by atoms with Crippen molar-refractivity contribution in [1.82, 2.24) is 19.5 Å². The van der Waals surface area contributed by atoms with Crippen LogP contribution in [0.5, 0.6) is 5.88 Å². The Bertz CT molecular complexity index is 584. The zero-order valence-electron chi connectivity index (χ0n) is 8.93. The number of hydrogen-bond acceptors (Lipinski definition) is 4. The molecule has 0 bridgehead atoms. The number of ether oxygens (including phenoxy) is 1. The molecular weight excluding hydrogens is 224 g/mol. The minimum Gasteiger partial charge on any atom is -0.479 e. The molecule has 6 heteroatoms. The molecule has 5 nitrogen and oxygen atoms in total. The molecule has 0 unspecified atom stereocenters. The van der Waals surface area contributed by atoms with Gasteiger partial charge in [0.15, 0.2) is 10.4 Å². The van der Waals surface area contributed by atoms with Crippen LogP contribution < -0.4 is 4.74 Å². The molecule has 0 atom stereocenters. The number of fused-ring (bicyclic) bond motifs is 1. The van der Waals surface area contributed by atoms with Gasteiger partial charge in [0.2, 0.25) is 5.88 Å². The summed E-state index contributed by atoms with van der Waals surface area (Å²) in [5.74, 6) is 1.30. The fraction of sp³-hybridized carbons (Fsp3) is 0.500. The summed E-state index contributed by atoms with van der Waals surface area (Å²) in [4.78, 5) is 11.4. The Morgan fingerprint density at radius 1 is 1.56 bits per heavy atom. The fourth-order valence-electron chi connectivity index (χ4n) is 1.83. The van der Waals surface area contributed by atoms with Gasteiger partial charge in [-0.2, -0.15) is 4.98 Å². The van der Waals surface area contributed by atoms with Crippen molar-refractivity contribution >= 4 is 23.4 Å². The van der Waals surface area contributed by atoms with Gasteiger partial charge in [-0.05, 0) is 31.0 Å². The summed E-state index contributed by atoms with van der Waals surface area (Å²) in [6.07, 6.45) is 4.08. The highest BCUT2D eigenvalue weighted by Gasteiger charge is 2.23. The lowest BCUT2D eigenvalue weighted by molar-refractivity contribution is 0.401. The number of nitrogens with one attached hydrogen (secondary N) is 1. The van der Waals surface area contributed by atoms with E-state index in [1.165, 1.54) is 19.2 Å². The Kier molecular flexibility index (Phi) is 2.17. The molecule has 3 rings (SSSR count). The van der Waals surface area contributed by atoms with E-state index in [9.17, 15) is 0 Å². The zero-order chi connectivity index (χ0) is 11.1. The second-order valence-corrected chi connectivity index (χ2v) is 4.45. The number of rotatable bonds is 3. The number of hydrogen-bond donors (Lipinski definition) is 1. The van der Waals surface area contributed by atoms with E-state index < -0.39 is 0 Å². The average Bonchev–Trinajstić information content (AvgIpc) is 3.04. The first kappa shape index (κ1) is 9.77. The second kappa shape index (κ2) is 3.55. The van der Waals surface area contributed by atoms with Crippen LogP contribution in [0.1, 0.15) is 12.8 Å². The first-order chi connectivity index (χ1) is 7.79. The lowest BCUT2D eigenvalue weighted by atomic mass is 10.4. The van der Waals surface area contributed by atoms with Gasteiger partial charge >= 0.3 is 0 Å². The van der Waals surface area contributed by atoms with E-state index in [-0.39, 0.29) is 0 Å². The van der Waals surface area contributed by atoms with Crippen molar-refractivity contribution in [1.29, 1.82) is 0 Å². The van der Waals surface area contributed by atoms with E-state index in [2.05, 4.69) is 15.0 Å². The van der Waals surface area contributed by atoms with E-state index in [0.29, 0.717) is 10.7 Å². The maximum atomic E-state index is 5.29. The van der Waals surface area contributed by atoms with Gasteiger partial charge < -0.3 is 14.3 Å². The van der Waals surface area contributed by atoms with E-state index in [1.807, 2.05) is 4.57 Å². The van der Waals surface area contributed by atoms with Crippen LogP contribution in [-0.2, 0) is 6.54 Å². The smallest absolute Gasteiger partial charge is 0.242 e. The lowest BCUT2D eigenvalue weighted by Crippen LogP contribution is -2.01. The van der Waals surface area contributed by atoms with Crippen molar-refractivity contribution in [3.8, 4) is 5.88 Å². The minimum absolute atomic E-state index is 0.547. The lowest BCUT2D eigenvalue weighted by Gasteiger charge is -2.02. The number of imidazole rings is 1. The van der Waals surface area contributed by atoms with Gasteiger partial charge in [0.25, 0.3) is 0 Å². The molecule has 2 heterocycles. The van der Waals surface area contributed by atoms with Crippen molar-refractivity contribution in [2.24, 2.45) is 5.92 Å². The number of aromatic amines is 1. The standard InChI is InChI=1S/C10H12N4OS/c1-15-9-7-8(11-5-12-9)14(10(16)13-7)4-6-2-3-6/h5-6H,2-4H2,1H3,(H,13,16). The third-order valence-corrected chi connectivity index (χ3v) is 3.18. The average molecular weight is 236 g/mol. The summed E-state index contributed by atoms with van der Waals surface area (Å²) >= 11 is 5.29. The predicted octanol–water partition coefficient (Wildman–Crippen LogP) is 1.91.